The van der Waals surface area contributed by atoms with Crippen molar-refractivity contribution in [3.8, 4) is 5.75 Å². The van der Waals surface area contributed by atoms with Crippen molar-refractivity contribution in [2.75, 3.05) is 5.32 Å². The molecule has 0 saturated heterocycles. The Balaban J connectivity index is 2.11. The fourth-order valence-corrected chi connectivity index (χ4v) is 2.36. The number of thiazole rings is 1. The van der Waals surface area contributed by atoms with Crippen molar-refractivity contribution in [1.82, 2.24) is 4.98 Å². The minimum Gasteiger partial charge on any atom is -0.508 e. The van der Waals surface area contributed by atoms with Crippen LogP contribution >= 0.6 is 11.3 Å². The lowest BCUT2D eigenvalue weighted by atomic mass is 10.1. The molecule has 0 aliphatic heterocycles. The average Bonchev–Trinajstić information content (AvgIpc) is 2.68. The number of nitrogens with zero attached hydrogens (tertiary/aromatic N) is 1. The van der Waals surface area contributed by atoms with Gasteiger partial charge in [0.1, 0.15) is 10.8 Å². The van der Waals surface area contributed by atoms with Gasteiger partial charge in [0.2, 0.25) is 0 Å². The second-order valence-electron chi connectivity index (χ2n) is 4.19. The predicted molar refractivity (Wildman–Crippen MR) is 71.8 cm³/mol. The molecule has 0 radical (unpaired) electrons. The second-order valence-corrected chi connectivity index (χ2v) is 5.13. The summed E-state index contributed by atoms with van der Waals surface area (Å²) in [7, 11) is 0. The summed E-state index contributed by atoms with van der Waals surface area (Å²) >= 11 is 1.66. The number of hydrogen-bond acceptors (Lipinski definition) is 4. The summed E-state index contributed by atoms with van der Waals surface area (Å²) < 4.78 is 0. The van der Waals surface area contributed by atoms with Crippen LogP contribution in [0.1, 0.15) is 21.8 Å². The van der Waals surface area contributed by atoms with Crippen LogP contribution < -0.4 is 5.32 Å². The molecule has 2 N–H and O–H groups in total. The van der Waals surface area contributed by atoms with Gasteiger partial charge in [0.05, 0.1) is 6.54 Å². The summed E-state index contributed by atoms with van der Waals surface area (Å²) in [6.07, 6.45) is 0. The topological polar surface area (TPSA) is 45.1 Å². The normalized spacial score (nSPS) is 10.5. The van der Waals surface area contributed by atoms with Gasteiger partial charge in [-0.25, -0.2) is 4.98 Å². The molecule has 0 aliphatic carbocycles. The van der Waals surface area contributed by atoms with Crippen molar-refractivity contribution in [2.24, 2.45) is 0 Å². The van der Waals surface area contributed by atoms with Crippen LogP contribution in [-0.4, -0.2) is 10.1 Å². The zero-order valence-electron chi connectivity index (χ0n) is 10.2. The molecule has 0 saturated carbocycles. The van der Waals surface area contributed by atoms with E-state index in [0.717, 1.165) is 34.1 Å². The van der Waals surface area contributed by atoms with E-state index in [1.54, 1.807) is 17.4 Å². The Kier molecular flexibility index (Phi) is 3.33. The van der Waals surface area contributed by atoms with Gasteiger partial charge >= 0.3 is 0 Å². The smallest absolute Gasteiger partial charge is 0.118 e. The minimum atomic E-state index is 0.346. The molecule has 17 heavy (non-hydrogen) atoms. The van der Waals surface area contributed by atoms with Gasteiger partial charge in [0, 0.05) is 16.8 Å². The highest BCUT2D eigenvalue weighted by molar-refractivity contribution is 7.09. The summed E-state index contributed by atoms with van der Waals surface area (Å²) in [6.45, 7) is 6.60. The molecule has 2 aromatic rings. The van der Waals surface area contributed by atoms with E-state index in [1.807, 2.05) is 32.2 Å². The molecule has 0 bridgehead atoms. The highest BCUT2D eigenvalue weighted by Crippen LogP contribution is 2.25. The van der Waals surface area contributed by atoms with E-state index >= 15 is 0 Å². The van der Waals surface area contributed by atoms with Crippen molar-refractivity contribution in [3.63, 3.8) is 0 Å². The maximum absolute atomic E-state index is 9.58. The number of aromatic nitrogens is 1. The Morgan fingerprint density at radius 1 is 1.24 bits per heavy atom. The van der Waals surface area contributed by atoms with Crippen molar-refractivity contribution in [1.29, 1.82) is 0 Å². The van der Waals surface area contributed by atoms with Crippen LogP contribution in [0, 0.1) is 20.8 Å². The monoisotopic (exact) mass is 248 g/mol. The fourth-order valence-electron chi connectivity index (χ4n) is 1.65. The molecule has 0 atom stereocenters. The van der Waals surface area contributed by atoms with Crippen LogP contribution in [0.15, 0.2) is 17.5 Å². The number of phenolic OH excluding ortho intramolecular Hbond substituents is 1. The highest BCUT2D eigenvalue weighted by atomic mass is 32.1. The Hall–Kier alpha value is -1.55. The van der Waals surface area contributed by atoms with Gasteiger partial charge in [-0.05, 0) is 44.0 Å². The first-order chi connectivity index (χ1) is 8.06. The zero-order chi connectivity index (χ0) is 12.4. The van der Waals surface area contributed by atoms with Crippen LogP contribution in [0.5, 0.6) is 5.75 Å². The quantitative estimate of drug-likeness (QED) is 0.818. The molecular formula is C13H16N2OS. The van der Waals surface area contributed by atoms with E-state index in [0.29, 0.717) is 5.75 Å². The van der Waals surface area contributed by atoms with Gasteiger partial charge in [-0.2, -0.15) is 0 Å². The number of hydrogen-bond donors (Lipinski definition) is 2. The molecule has 0 fully saturated rings. The summed E-state index contributed by atoms with van der Waals surface area (Å²) in [4.78, 5) is 4.40. The standard InChI is InChI=1S/C13H16N2OS/c1-8-5-12(16)9(2)4-11(8)14-6-13-15-10(3)7-17-13/h4-5,7,14,16H,6H2,1-3H3. The molecule has 0 amide bonds. The largest absolute Gasteiger partial charge is 0.508 e. The van der Waals surface area contributed by atoms with E-state index in [1.165, 1.54) is 0 Å². The Morgan fingerprint density at radius 2 is 2.00 bits per heavy atom. The van der Waals surface area contributed by atoms with Crippen LogP contribution in [-0.2, 0) is 6.54 Å². The second kappa shape index (κ2) is 4.75. The molecule has 90 valence electrons. The number of anilines is 1. The van der Waals surface area contributed by atoms with E-state index in [2.05, 4.69) is 10.3 Å². The molecule has 1 aromatic carbocycles. The molecule has 4 heteroatoms. The summed E-state index contributed by atoms with van der Waals surface area (Å²) in [5.41, 5.74) is 4.04. The van der Waals surface area contributed by atoms with E-state index < -0.39 is 0 Å². The van der Waals surface area contributed by atoms with Gasteiger partial charge < -0.3 is 10.4 Å². The van der Waals surface area contributed by atoms with Crippen LogP contribution in [0.25, 0.3) is 0 Å². The third kappa shape index (κ3) is 2.77. The summed E-state index contributed by atoms with van der Waals surface area (Å²) in [5.74, 6) is 0.346. The van der Waals surface area contributed by atoms with Gasteiger partial charge in [-0.3, -0.25) is 0 Å². The molecule has 3 nitrogen and oxygen atoms in total. The van der Waals surface area contributed by atoms with Gasteiger partial charge in [0.25, 0.3) is 0 Å². The number of benzene rings is 1. The number of aromatic hydroxyl groups is 1. The lowest BCUT2D eigenvalue weighted by Gasteiger charge is -2.10. The van der Waals surface area contributed by atoms with Crippen LogP contribution in [0.2, 0.25) is 0 Å². The maximum atomic E-state index is 9.58. The Labute approximate surface area is 105 Å². The summed E-state index contributed by atoms with van der Waals surface area (Å²) in [6, 6.07) is 3.75. The van der Waals surface area contributed by atoms with Crippen LogP contribution in [0.4, 0.5) is 5.69 Å². The average molecular weight is 248 g/mol. The van der Waals surface area contributed by atoms with Crippen molar-refractivity contribution in [3.05, 3.63) is 39.3 Å². The third-order valence-electron chi connectivity index (χ3n) is 2.64. The van der Waals surface area contributed by atoms with Gasteiger partial charge in [-0.1, -0.05) is 0 Å². The van der Waals surface area contributed by atoms with E-state index in [9.17, 15) is 5.11 Å². The van der Waals surface area contributed by atoms with Crippen LogP contribution in [0.3, 0.4) is 0 Å². The van der Waals surface area contributed by atoms with Gasteiger partial charge in [0.15, 0.2) is 0 Å². The van der Waals surface area contributed by atoms with Gasteiger partial charge in [-0.15, -0.1) is 11.3 Å². The number of aryl methyl sites for hydroxylation is 3. The predicted octanol–water partition coefficient (Wildman–Crippen LogP) is 3.39. The molecule has 0 unspecified atom stereocenters. The van der Waals surface area contributed by atoms with Crippen molar-refractivity contribution >= 4 is 17.0 Å². The number of phenols is 1. The van der Waals surface area contributed by atoms with E-state index in [-0.39, 0.29) is 0 Å². The minimum absolute atomic E-state index is 0.346. The Morgan fingerprint density at radius 3 is 2.65 bits per heavy atom. The zero-order valence-corrected chi connectivity index (χ0v) is 11.1. The first kappa shape index (κ1) is 11.9. The molecule has 1 aromatic heterocycles. The maximum Gasteiger partial charge on any atom is 0.118 e. The van der Waals surface area contributed by atoms with E-state index in [4.69, 9.17) is 0 Å². The number of nitrogens with one attached hydrogen (secondary N) is 1. The number of rotatable bonds is 3. The fraction of sp³-hybridized carbons (Fsp3) is 0.308. The SMILES string of the molecule is Cc1csc(CNc2cc(C)c(O)cc2C)n1. The molecule has 2 rings (SSSR count). The molecule has 1 heterocycles. The Bertz CT molecular complexity index is 534. The van der Waals surface area contributed by atoms with Crippen molar-refractivity contribution in [2.45, 2.75) is 27.3 Å². The molecule has 0 spiro atoms. The first-order valence-electron chi connectivity index (χ1n) is 5.51. The summed E-state index contributed by atoms with van der Waals surface area (Å²) in [5, 5.41) is 16.0. The lowest BCUT2D eigenvalue weighted by Crippen LogP contribution is -2.01. The molecular weight excluding hydrogens is 232 g/mol. The van der Waals surface area contributed by atoms with Crippen molar-refractivity contribution < 1.29 is 5.11 Å². The molecule has 0 aliphatic rings. The lowest BCUT2D eigenvalue weighted by molar-refractivity contribution is 0.471. The highest BCUT2D eigenvalue weighted by Gasteiger charge is 2.04. The first-order valence-corrected chi connectivity index (χ1v) is 6.39. The third-order valence-corrected chi connectivity index (χ3v) is 3.61.